The molecule has 1 N–H and O–H groups in total. The number of rotatable bonds is 4. The first-order chi connectivity index (χ1) is 8.99. The number of piperazine rings is 1. The van der Waals surface area contributed by atoms with Gasteiger partial charge in [0, 0.05) is 51.0 Å². The molecule has 2 rings (SSSR count). The second-order valence-corrected chi connectivity index (χ2v) is 6.24. The van der Waals surface area contributed by atoms with E-state index in [0.29, 0.717) is 0 Å². The Hall–Kier alpha value is -1.06. The lowest BCUT2D eigenvalue weighted by molar-refractivity contribution is 0.109. The molecule has 1 heterocycles. The summed E-state index contributed by atoms with van der Waals surface area (Å²) in [4.78, 5) is 4.96. The summed E-state index contributed by atoms with van der Waals surface area (Å²) in [6.45, 7) is 12.4. The Morgan fingerprint density at radius 1 is 1.26 bits per heavy atom. The molecule has 0 unspecified atom stereocenters. The molecule has 1 fully saturated rings. The smallest absolute Gasteiger partial charge is 0.0366 e. The molecule has 0 amide bonds. The lowest BCUT2D eigenvalue weighted by Gasteiger charge is -2.43. The maximum absolute atomic E-state index is 3.42. The lowest BCUT2D eigenvalue weighted by Crippen LogP contribution is -2.57. The zero-order chi connectivity index (χ0) is 13.9. The van der Waals surface area contributed by atoms with Crippen LogP contribution >= 0.6 is 0 Å². The van der Waals surface area contributed by atoms with Crippen LogP contribution in [0.3, 0.4) is 0 Å². The fourth-order valence-electron chi connectivity index (χ4n) is 2.91. The molecule has 1 aromatic carbocycles. The third-order valence-electron chi connectivity index (χ3n) is 4.04. The second kappa shape index (κ2) is 5.93. The van der Waals surface area contributed by atoms with Gasteiger partial charge in [0.2, 0.25) is 0 Å². The van der Waals surface area contributed by atoms with Crippen LogP contribution in [-0.2, 0) is 0 Å². The summed E-state index contributed by atoms with van der Waals surface area (Å²) in [5, 5.41) is 3.42. The van der Waals surface area contributed by atoms with E-state index >= 15 is 0 Å². The molecule has 1 saturated heterocycles. The Kier molecular flexibility index (Phi) is 4.48. The molecule has 0 radical (unpaired) electrons. The predicted molar refractivity (Wildman–Crippen MR) is 83.0 cm³/mol. The van der Waals surface area contributed by atoms with Crippen molar-refractivity contribution in [3.63, 3.8) is 0 Å². The Morgan fingerprint density at radius 3 is 2.58 bits per heavy atom. The average molecular weight is 261 g/mol. The first-order valence-corrected chi connectivity index (χ1v) is 7.23. The van der Waals surface area contributed by atoms with E-state index < -0.39 is 0 Å². The highest BCUT2D eigenvalue weighted by atomic mass is 15.3. The number of nitrogens with one attached hydrogen (secondary N) is 1. The van der Waals surface area contributed by atoms with Crippen molar-refractivity contribution in [3.05, 3.63) is 29.8 Å². The molecule has 1 aliphatic heterocycles. The van der Waals surface area contributed by atoms with Gasteiger partial charge >= 0.3 is 0 Å². The molecule has 0 saturated carbocycles. The van der Waals surface area contributed by atoms with Crippen molar-refractivity contribution < 1.29 is 0 Å². The summed E-state index contributed by atoms with van der Waals surface area (Å²) < 4.78 is 0. The monoisotopic (exact) mass is 261 g/mol. The van der Waals surface area contributed by atoms with E-state index in [1.54, 1.807) is 0 Å². The third kappa shape index (κ3) is 3.71. The van der Waals surface area contributed by atoms with E-state index in [0.717, 1.165) is 32.7 Å². The van der Waals surface area contributed by atoms with Crippen LogP contribution in [0.5, 0.6) is 0 Å². The minimum absolute atomic E-state index is 0.209. The summed E-state index contributed by atoms with van der Waals surface area (Å²) in [6.07, 6.45) is 0. The molecule has 0 bridgehead atoms. The zero-order valence-electron chi connectivity index (χ0n) is 12.7. The van der Waals surface area contributed by atoms with Crippen molar-refractivity contribution >= 4 is 5.69 Å². The molecule has 3 nitrogen and oxygen atoms in total. The van der Waals surface area contributed by atoms with Crippen LogP contribution in [0.15, 0.2) is 24.3 Å². The molecule has 19 heavy (non-hydrogen) atoms. The molecule has 1 aromatic rings. The molecule has 0 spiro atoms. The number of hydrogen-bond acceptors (Lipinski definition) is 3. The maximum Gasteiger partial charge on any atom is 0.0366 e. The van der Waals surface area contributed by atoms with Gasteiger partial charge in [0.1, 0.15) is 0 Å². The normalized spacial score (nSPS) is 17.5. The van der Waals surface area contributed by atoms with Crippen molar-refractivity contribution in [2.45, 2.75) is 26.3 Å². The first-order valence-electron chi connectivity index (χ1n) is 7.23. The molecule has 106 valence electrons. The van der Waals surface area contributed by atoms with Crippen molar-refractivity contribution in [3.8, 4) is 0 Å². The molecule has 1 aliphatic rings. The van der Waals surface area contributed by atoms with Gasteiger partial charge in [-0.25, -0.2) is 0 Å². The summed E-state index contributed by atoms with van der Waals surface area (Å²) in [5.41, 5.74) is 2.84. The molecule has 0 aliphatic carbocycles. The minimum Gasteiger partial charge on any atom is -0.373 e. The summed E-state index contributed by atoms with van der Waals surface area (Å²) in [6, 6.07) is 8.74. The van der Waals surface area contributed by atoms with Gasteiger partial charge in [-0.3, -0.25) is 4.90 Å². The SMILES string of the molecule is Cc1cccc(N(C)CC(C)(C)N2CCNCC2)c1. The van der Waals surface area contributed by atoms with Crippen molar-refractivity contribution in [2.24, 2.45) is 0 Å². The van der Waals surface area contributed by atoms with Gasteiger partial charge < -0.3 is 10.2 Å². The van der Waals surface area contributed by atoms with E-state index in [-0.39, 0.29) is 5.54 Å². The van der Waals surface area contributed by atoms with Crippen LogP contribution in [0.4, 0.5) is 5.69 Å². The van der Waals surface area contributed by atoms with E-state index in [9.17, 15) is 0 Å². The van der Waals surface area contributed by atoms with Gasteiger partial charge in [0.05, 0.1) is 0 Å². The van der Waals surface area contributed by atoms with Gasteiger partial charge in [-0.05, 0) is 38.5 Å². The van der Waals surface area contributed by atoms with Gasteiger partial charge in [-0.1, -0.05) is 12.1 Å². The largest absolute Gasteiger partial charge is 0.373 e. The van der Waals surface area contributed by atoms with Crippen LogP contribution in [0.2, 0.25) is 0 Å². The van der Waals surface area contributed by atoms with Crippen LogP contribution in [0, 0.1) is 6.92 Å². The molecule has 3 heteroatoms. The molecule has 0 aromatic heterocycles. The number of anilines is 1. The zero-order valence-corrected chi connectivity index (χ0v) is 12.7. The van der Waals surface area contributed by atoms with Crippen LogP contribution in [-0.4, -0.2) is 50.2 Å². The molecular formula is C16H27N3. The van der Waals surface area contributed by atoms with Crippen LogP contribution in [0.25, 0.3) is 0 Å². The summed E-state index contributed by atoms with van der Waals surface area (Å²) in [7, 11) is 2.19. The van der Waals surface area contributed by atoms with Crippen molar-refractivity contribution in [2.75, 3.05) is 44.7 Å². The highest BCUT2D eigenvalue weighted by Gasteiger charge is 2.29. The fraction of sp³-hybridized carbons (Fsp3) is 0.625. The van der Waals surface area contributed by atoms with Gasteiger partial charge in [0.25, 0.3) is 0 Å². The molecular weight excluding hydrogens is 234 g/mol. The number of nitrogens with zero attached hydrogens (tertiary/aromatic N) is 2. The number of aryl methyl sites for hydroxylation is 1. The quantitative estimate of drug-likeness (QED) is 0.895. The minimum atomic E-state index is 0.209. The topological polar surface area (TPSA) is 18.5 Å². The van der Waals surface area contributed by atoms with Crippen molar-refractivity contribution in [1.82, 2.24) is 10.2 Å². The van der Waals surface area contributed by atoms with Crippen molar-refractivity contribution in [1.29, 1.82) is 0 Å². The lowest BCUT2D eigenvalue weighted by atomic mass is 10.0. The maximum atomic E-state index is 3.42. The van der Waals surface area contributed by atoms with Gasteiger partial charge in [0.15, 0.2) is 0 Å². The van der Waals surface area contributed by atoms with E-state index in [4.69, 9.17) is 0 Å². The standard InChI is InChI=1S/C16H27N3/c1-14-6-5-7-15(12-14)18(4)13-16(2,3)19-10-8-17-9-11-19/h5-7,12,17H,8-11,13H2,1-4H3. The highest BCUT2D eigenvalue weighted by Crippen LogP contribution is 2.21. The second-order valence-electron chi connectivity index (χ2n) is 6.24. The Morgan fingerprint density at radius 2 is 1.95 bits per heavy atom. The van der Waals surface area contributed by atoms with E-state index in [1.807, 2.05) is 0 Å². The average Bonchev–Trinajstić information content (AvgIpc) is 2.39. The number of likely N-dealkylation sites (N-methyl/N-ethyl adjacent to an activating group) is 1. The highest BCUT2D eigenvalue weighted by molar-refractivity contribution is 5.48. The Balaban J connectivity index is 2.02. The van der Waals surface area contributed by atoms with Crippen LogP contribution < -0.4 is 10.2 Å². The Labute approximate surface area is 117 Å². The first kappa shape index (κ1) is 14.4. The van der Waals surface area contributed by atoms with E-state index in [2.05, 4.69) is 67.2 Å². The number of benzene rings is 1. The van der Waals surface area contributed by atoms with Gasteiger partial charge in [-0.15, -0.1) is 0 Å². The molecule has 0 atom stereocenters. The van der Waals surface area contributed by atoms with E-state index in [1.165, 1.54) is 11.3 Å². The van der Waals surface area contributed by atoms with Gasteiger partial charge in [-0.2, -0.15) is 0 Å². The number of hydrogen-bond donors (Lipinski definition) is 1. The third-order valence-corrected chi connectivity index (χ3v) is 4.04. The summed E-state index contributed by atoms with van der Waals surface area (Å²) >= 11 is 0. The Bertz CT molecular complexity index is 408. The fourth-order valence-corrected chi connectivity index (χ4v) is 2.91. The predicted octanol–water partition coefficient (Wildman–Crippen LogP) is 2.12. The van der Waals surface area contributed by atoms with Crippen LogP contribution in [0.1, 0.15) is 19.4 Å². The summed E-state index contributed by atoms with van der Waals surface area (Å²) in [5.74, 6) is 0.